The van der Waals surface area contributed by atoms with Crippen molar-refractivity contribution >= 4 is 23.2 Å². The summed E-state index contributed by atoms with van der Waals surface area (Å²) in [6.07, 6.45) is 1.38. The summed E-state index contributed by atoms with van der Waals surface area (Å²) in [6.45, 7) is 5.37. The first-order valence-electron chi connectivity index (χ1n) is 9.22. The first-order valence-corrected chi connectivity index (χ1v) is 9.60. The number of anilines is 1. The Balaban J connectivity index is 1.59. The van der Waals surface area contributed by atoms with E-state index in [1.54, 1.807) is 24.3 Å². The number of rotatable bonds is 9. The molecule has 1 heterocycles. The predicted octanol–water partition coefficient (Wildman–Crippen LogP) is 4.69. The summed E-state index contributed by atoms with van der Waals surface area (Å²) in [4.78, 5) is 12.1. The quantitative estimate of drug-likeness (QED) is 0.529. The van der Waals surface area contributed by atoms with Crippen LogP contribution in [0.3, 0.4) is 0 Å². The van der Waals surface area contributed by atoms with Gasteiger partial charge in [0.1, 0.15) is 18.1 Å². The maximum absolute atomic E-state index is 12.1. The van der Waals surface area contributed by atoms with Gasteiger partial charge in [0.15, 0.2) is 11.5 Å². The van der Waals surface area contributed by atoms with E-state index in [0.29, 0.717) is 37.0 Å². The third-order valence-electron chi connectivity index (χ3n) is 3.95. The molecule has 0 aliphatic rings. The molecule has 3 rings (SSSR count). The average Bonchev–Trinajstić information content (AvgIpc) is 3.15. The van der Waals surface area contributed by atoms with Crippen molar-refractivity contribution < 1.29 is 19.0 Å². The number of benzene rings is 2. The molecular weight excluding hydrogens is 394 g/mol. The summed E-state index contributed by atoms with van der Waals surface area (Å²) in [6, 6.07) is 12.8. The Morgan fingerprint density at radius 2 is 1.76 bits per heavy atom. The zero-order valence-corrected chi connectivity index (χ0v) is 17.0. The molecule has 1 amide bonds. The van der Waals surface area contributed by atoms with Gasteiger partial charge in [0.05, 0.1) is 24.4 Å². The molecule has 3 aromatic rings. The largest absolute Gasteiger partial charge is 0.490 e. The summed E-state index contributed by atoms with van der Waals surface area (Å²) >= 11 is 5.89. The minimum Gasteiger partial charge on any atom is -0.490 e. The molecule has 0 saturated heterocycles. The van der Waals surface area contributed by atoms with E-state index >= 15 is 0 Å². The van der Waals surface area contributed by atoms with Crippen LogP contribution in [0.5, 0.6) is 17.2 Å². The number of carbonyl (C=O) groups is 1. The third kappa shape index (κ3) is 5.42. The van der Waals surface area contributed by atoms with Crippen LogP contribution in [0.4, 0.5) is 5.69 Å². The second-order valence-corrected chi connectivity index (χ2v) is 6.41. The molecule has 0 spiro atoms. The zero-order chi connectivity index (χ0) is 20.6. The number of aromatic amines is 1. The fourth-order valence-corrected chi connectivity index (χ4v) is 2.79. The average molecular weight is 416 g/mol. The van der Waals surface area contributed by atoms with Crippen LogP contribution < -0.4 is 19.5 Å². The predicted molar refractivity (Wildman–Crippen MR) is 111 cm³/mol. The van der Waals surface area contributed by atoms with Crippen LogP contribution >= 0.6 is 11.6 Å². The van der Waals surface area contributed by atoms with E-state index in [0.717, 1.165) is 11.3 Å². The molecule has 29 heavy (non-hydrogen) atoms. The number of H-pyrrole nitrogens is 1. The van der Waals surface area contributed by atoms with Crippen molar-refractivity contribution in [3.63, 3.8) is 0 Å². The lowest BCUT2D eigenvalue weighted by molar-refractivity contribution is 0.102. The molecule has 0 saturated carbocycles. The van der Waals surface area contributed by atoms with Gasteiger partial charge in [0.25, 0.3) is 5.91 Å². The number of carbonyl (C=O) groups excluding carboxylic acids is 1. The van der Waals surface area contributed by atoms with Gasteiger partial charge in [-0.1, -0.05) is 17.7 Å². The van der Waals surface area contributed by atoms with Gasteiger partial charge in [-0.25, -0.2) is 0 Å². The number of amides is 1. The van der Waals surface area contributed by atoms with Gasteiger partial charge >= 0.3 is 0 Å². The van der Waals surface area contributed by atoms with Crippen LogP contribution in [-0.4, -0.2) is 29.3 Å². The molecule has 0 atom stereocenters. The molecule has 0 bridgehead atoms. The Labute approximate surface area is 173 Å². The number of halogens is 1. The molecule has 0 aliphatic carbocycles. The van der Waals surface area contributed by atoms with Crippen LogP contribution in [-0.2, 0) is 6.61 Å². The first kappa shape index (κ1) is 20.5. The Morgan fingerprint density at radius 3 is 2.41 bits per heavy atom. The number of hydrogen-bond acceptors (Lipinski definition) is 5. The van der Waals surface area contributed by atoms with E-state index in [2.05, 4.69) is 15.5 Å². The molecule has 7 nitrogen and oxygen atoms in total. The van der Waals surface area contributed by atoms with Gasteiger partial charge in [-0.2, -0.15) is 5.10 Å². The number of nitrogens with zero attached hydrogens (tertiary/aromatic N) is 1. The van der Waals surface area contributed by atoms with E-state index in [9.17, 15) is 4.79 Å². The smallest absolute Gasteiger partial charge is 0.275 e. The maximum Gasteiger partial charge on any atom is 0.275 e. The molecule has 2 aromatic carbocycles. The summed E-state index contributed by atoms with van der Waals surface area (Å²) in [5.41, 5.74) is 1.79. The highest BCUT2D eigenvalue weighted by Crippen LogP contribution is 2.29. The highest BCUT2D eigenvalue weighted by atomic mass is 35.5. The van der Waals surface area contributed by atoms with Crippen LogP contribution in [0.15, 0.2) is 48.7 Å². The highest BCUT2D eigenvalue weighted by molar-refractivity contribution is 6.34. The van der Waals surface area contributed by atoms with Crippen molar-refractivity contribution in [2.24, 2.45) is 0 Å². The van der Waals surface area contributed by atoms with Gasteiger partial charge in [-0.15, -0.1) is 0 Å². The lowest BCUT2D eigenvalue weighted by atomic mass is 10.2. The first-order chi connectivity index (χ1) is 14.1. The van der Waals surface area contributed by atoms with Crippen molar-refractivity contribution in [3.05, 3.63) is 64.9 Å². The fourth-order valence-electron chi connectivity index (χ4n) is 2.61. The molecule has 2 N–H and O–H groups in total. The molecule has 152 valence electrons. The van der Waals surface area contributed by atoms with Gasteiger partial charge in [0.2, 0.25) is 0 Å². The van der Waals surface area contributed by atoms with Crippen molar-refractivity contribution in [3.8, 4) is 17.2 Å². The monoisotopic (exact) mass is 415 g/mol. The van der Waals surface area contributed by atoms with Crippen molar-refractivity contribution in [1.29, 1.82) is 0 Å². The fraction of sp³-hybridized carbons (Fsp3) is 0.238. The molecule has 1 aromatic heterocycles. The Hall–Kier alpha value is -3.19. The second-order valence-electron chi connectivity index (χ2n) is 6.01. The van der Waals surface area contributed by atoms with Crippen molar-refractivity contribution in [2.75, 3.05) is 18.5 Å². The Kier molecular flexibility index (Phi) is 6.97. The summed E-state index contributed by atoms with van der Waals surface area (Å²) in [7, 11) is 0. The van der Waals surface area contributed by atoms with Crippen LogP contribution in [0.1, 0.15) is 29.9 Å². The van der Waals surface area contributed by atoms with Gasteiger partial charge in [0, 0.05) is 5.69 Å². The number of aromatic nitrogens is 2. The number of hydrogen-bond donors (Lipinski definition) is 2. The van der Waals surface area contributed by atoms with Crippen LogP contribution in [0.25, 0.3) is 0 Å². The number of ether oxygens (including phenoxy) is 3. The SMILES string of the molecule is CCOc1ccc(COc2ccc(NC(=O)c3[nH]ncc3Cl)cc2)cc1OCC. The maximum atomic E-state index is 12.1. The minimum atomic E-state index is -0.362. The van der Waals surface area contributed by atoms with Crippen molar-refractivity contribution in [1.82, 2.24) is 10.2 Å². The van der Waals surface area contributed by atoms with E-state index in [1.165, 1.54) is 6.20 Å². The summed E-state index contributed by atoms with van der Waals surface area (Å²) in [5, 5.41) is 9.31. The van der Waals surface area contributed by atoms with Gasteiger partial charge in [-0.05, 0) is 55.8 Å². The molecule has 0 fully saturated rings. The summed E-state index contributed by atoms with van der Waals surface area (Å²) in [5.74, 6) is 1.73. The topological polar surface area (TPSA) is 85.5 Å². The van der Waals surface area contributed by atoms with Crippen LogP contribution in [0, 0.1) is 0 Å². The zero-order valence-electron chi connectivity index (χ0n) is 16.2. The summed E-state index contributed by atoms with van der Waals surface area (Å²) < 4.78 is 17.0. The normalized spacial score (nSPS) is 10.4. The molecular formula is C21H22ClN3O4. The Morgan fingerprint density at radius 1 is 1.03 bits per heavy atom. The van der Waals surface area contributed by atoms with Gasteiger partial charge < -0.3 is 19.5 Å². The Bertz CT molecular complexity index is 957. The minimum absolute atomic E-state index is 0.215. The van der Waals surface area contributed by atoms with E-state index in [-0.39, 0.29) is 16.6 Å². The standard InChI is InChI=1S/C21H22ClN3O4/c1-3-27-18-10-5-14(11-19(18)28-4-2)13-29-16-8-6-15(7-9-16)24-21(26)20-17(22)12-23-25-20/h5-12H,3-4,13H2,1-2H3,(H,23,25)(H,24,26). The van der Waals surface area contributed by atoms with E-state index in [4.69, 9.17) is 25.8 Å². The lowest BCUT2D eigenvalue weighted by Crippen LogP contribution is -2.12. The van der Waals surface area contributed by atoms with Crippen molar-refractivity contribution in [2.45, 2.75) is 20.5 Å². The molecule has 0 aliphatic heterocycles. The molecule has 0 unspecified atom stereocenters. The highest BCUT2D eigenvalue weighted by Gasteiger charge is 2.12. The third-order valence-corrected chi connectivity index (χ3v) is 4.23. The lowest BCUT2D eigenvalue weighted by Gasteiger charge is -2.13. The number of nitrogens with one attached hydrogen (secondary N) is 2. The van der Waals surface area contributed by atoms with Crippen LogP contribution in [0.2, 0.25) is 5.02 Å². The molecule has 0 radical (unpaired) electrons. The van der Waals surface area contributed by atoms with E-state index < -0.39 is 0 Å². The second kappa shape index (κ2) is 9.84. The van der Waals surface area contributed by atoms with Gasteiger partial charge in [-0.3, -0.25) is 9.89 Å². The van der Waals surface area contributed by atoms with E-state index in [1.807, 2.05) is 32.0 Å². The molecule has 8 heteroatoms.